The number of fused-ring (bicyclic) bond motifs is 1. The van der Waals surface area contributed by atoms with Crippen LogP contribution in [0.2, 0.25) is 25.7 Å². The maximum absolute atomic E-state index is 2.43. The van der Waals surface area contributed by atoms with Crippen LogP contribution in [0.5, 0.6) is 0 Å². The van der Waals surface area contributed by atoms with Crippen LogP contribution in [0.3, 0.4) is 0 Å². The molecule has 0 aliphatic heterocycles. The van der Waals surface area contributed by atoms with Crippen molar-refractivity contribution in [2.24, 2.45) is 0 Å². The van der Waals surface area contributed by atoms with Crippen LogP contribution in [-0.2, 0) is 0 Å². The molecule has 0 nitrogen and oxygen atoms in total. The molecule has 2 aliphatic carbocycles. The van der Waals surface area contributed by atoms with Crippen LogP contribution in [0, 0.1) is 0 Å². The van der Waals surface area contributed by atoms with Crippen molar-refractivity contribution in [3.8, 4) is 0 Å². The highest BCUT2D eigenvalue weighted by atomic mass is 28.3. The van der Waals surface area contributed by atoms with E-state index in [1.165, 1.54) is 22.8 Å². The predicted octanol–water partition coefficient (Wildman–Crippen LogP) is 4.08. The summed E-state index contributed by atoms with van der Waals surface area (Å²) in [4.78, 5) is 0. The Bertz CT molecular complexity index is 359. The van der Waals surface area contributed by atoms with E-state index in [0.717, 1.165) is 6.42 Å². The lowest BCUT2D eigenvalue weighted by molar-refractivity contribution is 1.31. The molecule has 0 aromatic carbocycles. The van der Waals surface area contributed by atoms with Gasteiger partial charge in [0.15, 0.2) is 0 Å². The van der Waals surface area contributed by atoms with Gasteiger partial charge in [0.05, 0.1) is 0 Å². The molecule has 0 saturated heterocycles. The molecule has 0 spiro atoms. The number of allylic oxidation sites excluding steroid dienone is 8. The third kappa shape index (κ3) is 2.15. The maximum Gasteiger partial charge on any atom is 0.0487 e. The van der Waals surface area contributed by atoms with Gasteiger partial charge in [-0.2, -0.15) is 0 Å². The van der Waals surface area contributed by atoms with Gasteiger partial charge in [-0.15, -0.1) is 0 Å². The monoisotopic (exact) mass is 202 g/mol. The van der Waals surface area contributed by atoms with Gasteiger partial charge in [-0.1, -0.05) is 50.0 Å². The fourth-order valence-electron chi connectivity index (χ4n) is 2.03. The SMILES string of the molecule is C[Si](C)(C)CC1=CC2=CCC=CC2=C1. The Morgan fingerprint density at radius 1 is 1.14 bits per heavy atom. The number of hydrogen-bond acceptors (Lipinski definition) is 0. The average molecular weight is 202 g/mol. The van der Waals surface area contributed by atoms with Crippen LogP contribution >= 0.6 is 0 Å². The first-order valence-corrected chi connectivity index (χ1v) is 9.05. The van der Waals surface area contributed by atoms with Gasteiger partial charge in [-0.3, -0.25) is 0 Å². The Hall–Kier alpha value is -0.823. The normalized spacial score (nSPS) is 20.1. The number of hydrogen-bond donors (Lipinski definition) is 0. The summed E-state index contributed by atoms with van der Waals surface area (Å²) in [6.07, 6.45) is 12.6. The van der Waals surface area contributed by atoms with Gasteiger partial charge >= 0.3 is 0 Å². The van der Waals surface area contributed by atoms with Crippen molar-refractivity contribution in [2.45, 2.75) is 32.1 Å². The van der Waals surface area contributed by atoms with Crippen molar-refractivity contribution in [3.63, 3.8) is 0 Å². The van der Waals surface area contributed by atoms with E-state index >= 15 is 0 Å². The molecule has 0 heterocycles. The van der Waals surface area contributed by atoms with Crippen LogP contribution < -0.4 is 0 Å². The van der Waals surface area contributed by atoms with E-state index in [9.17, 15) is 0 Å². The molecule has 0 unspecified atom stereocenters. The minimum atomic E-state index is -0.951. The summed E-state index contributed by atoms with van der Waals surface area (Å²) in [6.45, 7) is 7.29. The fourth-order valence-corrected chi connectivity index (χ4v) is 3.46. The van der Waals surface area contributed by atoms with Gasteiger partial charge in [0.2, 0.25) is 0 Å². The molecule has 0 amide bonds. The van der Waals surface area contributed by atoms with Crippen LogP contribution in [0.15, 0.2) is 47.1 Å². The van der Waals surface area contributed by atoms with Gasteiger partial charge in [-0.25, -0.2) is 0 Å². The van der Waals surface area contributed by atoms with Gasteiger partial charge in [-0.05, 0) is 29.2 Å². The van der Waals surface area contributed by atoms with E-state index in [1.807, 2.05) is 0 Å². The molecule has 0 radical (unpaired) electrons. The van der Waals surface area contributed by atoms with Crippen molar-refractivity contribution in [3.05, 3.63) is 47.1 Å². The molecule has 0 fully saturated rings. The summed E-state index contributed by atoms with van der Waals surface area (Å²) in [5.74, 6) is 0. The molecule has 0 aromatic heterocycles. The van der Waals surface area contributed by atoms with Crippen molar-refractivity contribution in [1.29, 1.82) is 0 Å². The van der Waals surface area contributed by atoms with Crippen molar-refractivity contribution in [2.75, 3.05) is 0 Å². The van der Waals surface area contributed by atoms with Crippen LogP contribution in [0.4, 0.5) is 0 Å². The second-order valence-electron chi connectivity index (χ2n) is 5.35. The Kier molecular flexibility index (Phi) is 2.36. The molecule has 14 heavy (non-hydrogen) atoms. The maximum atomic E-state index is 2.43. The van der Waals surface area contributed by atoms with Crippen molar-refractivity contribution < 1.29 is 0 Å². The van der Waals surface area contributed by atoms with Crippen LogP contribution in [-0.4, -0.2) is 8.07 Å². The van der Waals surface area contributed by atoms with Gasteiger partial charge in [0.1, 0.15) is 0 Å². The Labute approximate surface area is 87.7 Å². The molecular formula is C13H18Si. The van der Waals surface area contributed by atoms with Crippen LogP contribution in [0.1, 0.15) is 6.42 Å². The summed E-state index contributed by atoms with van der Waals surface area (Å²) in [6, 6.07) is 1.31. The molecule has 74 valence electrons. The third-order valence-electron chi connectivity index (χ3n) is 2.52. The standard InChI is InChI=1S/C13H18Si/c1-14(2,3)10-11-8-12-6-4-5-7-13(12)9-11/h4,6-9H,5,10H2,1-3H3. The zero-order chi connectivity index (χ0) is 10.2. The minimum absolute atomic E-state index is 0.951. The summed E-state index contributed by atoms with van der Waals surface area (Å²) in [5.41, 5.74) is 4.40. The zero-order valence-corrected chi connectivity index (χ0v) is 10.3. The van der Waals surface area contributed by atoms with Gasteiger partial charge in [0.25, 0.3) is 0 Å². The van der Waals surface area contributed by atoms with E-state index in [1.54, 1.807) is 0 Å². The van der Waals surface area contributed by atoms with Crippen molar-refractivity contribution >= 4 is 8.07 Å². The van der Waals surface area contributed by atoms with Gasteiger partial charge < -0.3 is 0 Å². The Morgan fingerprint density at radius 3 is 2.57 bits per heavy atom. The summed E-state index contributed by atoms with van der Waals surface area (Å²) in [7, 11) is -0.951. The van der Waals surface area contributed by atoms with E-state index in [-0.39, 0.29) is 0 Å². The van der Waals surface area contributed by atoms with E-state index < -0.39 is 8.07 Å². The molecule has 0 bridgehead atoms. The summed E-state index contributed by atoms with van der Waals surface area (Å²) < 4.78 is 0. The van der Waals surface area contributed by atoms with Crippen LogP contribution in [0.25, 0.3) is 0 Å². The lowest BCUT2D eigenvalue weighted by Crippen LogP contribution is -2.19. The quantitative estimate of drug-likeness (QED) is 0.592. The van der Waals surface area contributed by atoms with E-state index in [4.69, 9.17) is 0 Å². The highest BCUT2D eigenvalue weighted by Crippen LogP contribution is 2.31. The molecule has 0 atom stereocenters. The number of rotatable bonds is 2. The lowest BCUT2D eigenvalue weighted by Gasteiger charge is -2.14. The first-order valence-electron chi connectivity index (χ1n) is 5.34. The fraction of sp³-hybridized carbons (Fsp3) is 0.385. The lowest BCUT2D eigenvalue weighted by atomic mass is 10.0. The molecule has 0 aromatic rings. The molecule has 2 aliphatic rings. The minimum Gasteiger partial charge on any atom is -0.0801 e. The first kappa shape index (κ1) is 9.72. The highest BCUT2D eigenvalue weighted by molar-refractivity contribution is 6.76. The predicted molar refractivity (Wildman–Crippen MR) is 66.2 cm³/mol. The zero-order valence-electron chi connectivity index (χ0n) is 9.30. The summed E-state index contributed by atoms with van der Waals surface area (Å²) >= 11 is 0. The first-order chi connectivity index (χ1) is 6.54. The molecule has 0 N–H and O–H groups in total. The second-order valence-corrected chi connectivity index (χ2v) is 10.8. The largest absolute Gasteiger partial charge is 0.0801 e. The topological polar surface area (TPSA) is 0 Å². The van der Waals surface area contributed by atoms with Gasteiger partial charge in [0, 0.05) is 8.07 Å². The molecule has 0 saturated carbocycles. The summed E-state index contributed by atoms with van der Waals surface area (Å²) in [5, 5.41) is 0. The molecule has 2 rings (SSSR count). The average Bonchev–Trinajstić information content (AvgIpc) is 2.42. The van der Waals surface area contributed by atoms with Crippen molar-refractivity contribution in [1.82, 2.24) is 0 Å². The molecular weight excluding hydrogens is 184 g/mol. The third-order valence-corrected chi connectivity index (χ3v) is 3.99. The van der Waals surface area contributed by atoms with E-state index in [2.05, 4.69) is 50.0 Å². The smallest absolute Gasteiger partial charge is 0.0487 e. The Morgan fingerprint density at radius 2 is 1.93 bits per heavy atom. The second kappa shape index (κ2) is 3.39. The molecule has 1 heteroatoms. The van der Waals surface area contributed by atoms with E-state index in [0.29, 0.717) is 0 Å². The highest BCUT2D eigenvalue weighted by Gasteiger charge is 2.18. The Balaban J connectivity index is 2.18.